The number of nitrogens with one attached hydrogen (secondary N) is 1. The van der Waals surface area contributed by atoms with Crippen molar-refractivity contribution in [2.75, 3.05) is 6.54 Å². The molecule has 9 nitrogen and oxygen atoms in total. The largest absolute Gasteiger partial charge is 0.401 e. The van der Waals surface area contributed by atoms with Gasteiger partial charge in [0, 0.05) is 52.6 Å². The number of carbonyl (C=O) groups excluding carboxylic acids is 1. The molecule has 1 aliphatic carbocycles. The zero-order valence-corrected chi connectivity index (χ0v) is 24.8. The number of nitrogens with two attached hydrogens (primary N) is 1. The van der Waals surface area contributed by atoms with Gasteiger partial charge >= 0.3 is 0 Å². The number of carbonyl (C=O) groups is 1. The van der Waals surface area contributed by atoms with Crippen molar-refractivity contribution in [1.29, 1.82) is 0 Å². The number of hydrogen-bond donors (Lipinski definition) is 2. The monoisotopic (exact) mass is 590 g/mol. The van der Waals surface area contributed by atoms with Gasteiger partial charge < -0.3 is 15.2 Å². The van der Waals surface area contributed by atoms with Gasteiger partial charge in [0.15, 0.2) is 0 Å². The Labute approximate surface area is 252 Å². The van der Waals surface area contributed by atoms with Crippen LogP contribution in [0.4, 0.5) is 0 Å². The Balaban J connectivity index is 1.24. The van der Waals surface area contributed by atoms with Crippen LogP contribution in [0.5, 0.6) is 0 Å². The summed E-state index contributed by atoms with van der Waals surface area (Å²) in [7, 11) is 0. The molecule has 0 bridgehead atoms. The van der Waals surface area contributed by atoms with Crippen LogP contribution in [0.25, 0.3) is 50.1 Å². The molecule has 1 aliphatic heterocycles. The Bertz CT molecular complexity index is 2130. The first kappa shape index (κ1) is 26.0. The van der Waals surface area contributed by atoms with Crippen molar-refractivity contribution in [3.63, 3.8) is 0 Å². The number of fused-ring (bicyclic) bond motifs is 3. The molecule has 43 heavy (non-hydrogen) atoms. The van der Waals surface area contributed by atoms with Crippen LogP contribution in [0.1, 0.15) is 48.5 Å². The van der Waals surface area contributed by atoms with E-state index in [0.29, 0.717) is 23.0 Å². The first-order valence-corrected chi connectivity index (χ1v) is 15.1. The smallest absolute Gasteiger partial charge is 0.259 e. The number of aromatic nitrogens is 6. The van der Waals surface area contributed by atoms with E-state index in [4.69, 9.17) is 27.4 Å². The molecule has 5 aromatic heterocycles. The molecule has 3 N–H and O–H groups in total. The molecule has 10 heteroatoms. The summed E-state index contributed by atoms with van der Waals surface area (Å²) >= 11 is 6.86. The summed E-state index contributed by atoms with van der Waals surface area (Å²) < 4.78 is 4.07. The average molecular weight is 591 g/mol. The summed E-state index contributed by atoms with van der Waals surface area (Å²) in [4.78, 5) is 20.5. The van der Waals surface area contributed by atoms with E-state index < -0.39 is 0 Å². The molecule has 1 fully saturated rings. The topological polar surface area (TPSA) is 110 Å². The highest BCUT2D eigenvalue weighted by Crippen LogP contribution is 2.38. The van der Waals surface area contributed by atoms with E-state index in [2.05, 4.69) is 45.1 Å². The highest BCUT2D eigenvalue weighted by atomic mass is 35.5. The fourth-order valence-electron chi connectivity index (χ4n) is 6.32. The number of halogens is 1. The molecule has 6 heterocycles. The van der Waals surface area contributed by atoms with Gasteiger partial charge in [0.1, 0.15) is 11.3 Å². The number of nitrogens with zero attached hydrogens (tertiary/aromatic N) is 6. The lowest BCUT2D eigenvalue weighted by molar-refractivity contribution is 0.0793. The summed E-state index contributed by atoms with van der Waals surface area (Å²) in [6.07, 6.45) is 7.70. The van der Waals surface area contributed by atoms with Gasteiger partial charge in [-0.3, -0.25) is 9.89 Å². The van der Waals surface area contributed by atoms with Crippen LogP contribution in [-0.2, 0) is 6.54 Å². The van der Waals surface area contributed by atoms with Crippen molar-refractivity contribution in [2.24, 2.45) is 11.7 Å². The van der Waals surface area contributed by atoms with E-state index in [1.54, 1.807) is 21.7 Å². The minimum absolute atomic E-state index is 0.119. The van der Waals surface area contributed by atoms with Crippen LogP contribution in [0, 0.1) is 12.8 Å². The fourth-order valence-corrected chi connectivity index (χ4v) is 6.67. The summed E-state index contributed by atoms with van der Waals surface area (Å²) in [5, 5.41) is 14.8. The lowest BCUT2D eigenvalue weighted by atomic mass is 10.1. The predicted octanol–water partition coefficient (Wildman–Crippen LogP) is 6.69. The van der Waals surface area contributed by atoms with E-state index in [0.717, 1.165) is 86.4 Å². The van der Waals surface area contributed by atoms with Gasteiger partial charge in [0.2, 0.25) is 0 Å². The molecule has 0 unspecified atom stereocenters. The van der Waals surface area contributed by atoms with Crippen molar-refractivity contribution in [3.05, 3.63) is 82.4 Å². The van der Waals surface area contributed by atoms with Gasteiger partial charge in [-0.2, -0.15) is 10.2 Å². The third-order valence-corrected chi connectivity index (χ3v) is 9.25. The zero-order chi connectivity index (χ0) is 29.4. The average Bonchev–Trinajstić information content (AvgIpc) is 3.42. The molecule has 0 radical (unpaired) electrons. The summed E-state index contributed by atoms with van der Waals surface area (Å²) in [6.45, 7) is 5.46. The van der Waals surface area contributed by atoms with Crippen molar-refractivity contribution < 1.29 is 4.79 Å². The zero-order valence-electron chi connectivity index (χ0n) is 24.1. The first-order chi connectivity index (χ1) is 20.9. The molecule has 1 saturated carbocycles. The van der Waals surface area contributed by atoms with Gasteiger partial charge in [0.05, 0.1) is 39.2 Å². The molecule has 6 aromatic rings. The Hall–Kier alpha value is -4.63. The number of benzene rings is 1. The summed E-state index contributed by atoms with van der Waals surface area (Å²) in [5.74, 6) is 0.507. The molecule has 0 spiro atoms. The van der Waals surface area contributed by atoms with Crippen molar-refractivity contribution >= 4 is 45.0 Å². The van der Waals surface area contributed by atoms with E-state index in [-0.39, 0.29) is 5.91 Å². The number of aromatic amines is 1. The number of H-pyrrole nitrogens is 1. The maximum Gasteiger partial charge on any atom is 0.259 e. The molecule has 1 amide bonds. The molecular formula is C33H31ClN8O. The Morgan fingerprint density at radius 2 is 1.98 bits per heavy atom. The van der Waals surface area contributed by atoms with Gasteiger partial charge in [-0.1, -0.05) is 17.7 Å². The lowest BCUT2D eigenvalue weighted by Crippen LogP contribution is -2.35. The maximum atomic E-state index is 13.5. The van der Waals surface area contributed by atoms with E-state index >= 15 is 0 Å². The first-order valence-electron chi connectivity index (χ1n) is 14.8. The molecular weight excluding hydrogens is 560 g/mol. The van der Waals surface area contributed by atoms with Crippen molar-refractivity contribution in [2.45, 2.75) is 46.1 Å². The molecule has 216 valence electrons. The van der Waals surface area contributed by atoms with Gasteiger partial charge in [0.25, 0.3) is 5.91 Å². The second-order valence-corrected chi connectivity index (χ2v) is 12.3. The highest BCUT2D eigenvalue weighted by molar-refractivity contribution is 6.34. The second kappa shape index (κ2) is 9.70. The Kier molecular flexibility index (Phi) is 5.88. The SMILES string of the molecule is CC1=C(N)CCCN1C(=O)c1cc(Cl)c2c(C)c(-c3cc4ccc(-c5ccc6[nH]ncc6c5)nc4n3CC3CC3)nn2c1. The number of pyridine rings is 2. The molecule has 8 rings (SSSR count). The summed E-state index contributed by atoms with van der Waals surface area (Å²) in [6, 6.07) is 14.4. The number of rotatable bonds is 5. The molecule has 2 aliphatic rings. The highest BCUT2D eigenvalue weighted by Gasteiger charge is 2.28. The molecule has 0 saturated heterocycles. The quantitative estimate of drug-likeness (QED) is 0.232. The van der Waals surface area contributed by atoms with Gasteiger partial charge in [-0.15, -0.1) is 0 Å². The Morgan fingerprint density at radius 1 is 1.12 bits per heavy atom. The normalized spacial score (nSPS) is 15.8. The summed E-state index contributed by atoms with van der Waals surface area (Å²) in [5.41, 5.74) is 15.7. The van der Waals surface area contributed by atoms with Gasteiger partial charge in [-0.05, 0) is 81.8 Å². The second-order valence-electron chi connectivity index (χ2n) is 11.9. The van der Waals surface area contributed by atoms with Crippen LogP contribution in [0.2, 0.25) is 5.02 Å². The van der Waals surface area contributed by atoms with E-state index in [1.165, 1.54) is 12.8 Å². The van der Waals surface area contributed by atoms with Crippen molar-refractivity contribution in [3.8, 4) is 22.6 Å². The maximum absolute atomic E-state index is 13.5. The van der Waals surface area contributed by atoms with E-state index in [1.807, 2.05) is 26.1 Å². The lowest BCUT2D eigenvalue weighted by Gasteiger charge is -2.29. The third kappa shape index (κ3) is 4.29. The third-order valence-electron chi connectivity index (χ3n) is 8.97. The van der Waals surface area contributed by atoms with Gasteiger partial charge in [-0.25, -0.2) is 9.50 Å². The number of hydrogen-bond acceptors (Lipinski definition) is 5. The van der Waals surface area contributed by atoms with Crippen LogP contribution in [-0.4, -0.2) is 46.7 Å². The Morgan fingerprint density at radius 3 is 2.81 bits per heavy atom. The number of allylic oxidation sites excluding steroid dienone is 2. The predicted molar refractivity (Wildman–Crippen MR) is 169 cm³/mol. The van der Waals surface area contributed by atoms with Crippen LogP contribution in [0.15, 0.2) is 66.3 Å². The number of amides is 1. The number of aryl methyl sites for hydroxylation is 1. The van der Waals surface area contributed by atoms with Crippen LogP contribution < -0.4 is 5.73 Å². The van der Waals surface area contributed by atoms with Crippen molar-refractivity contribution in [1.82, 2.24) is 34.3 Å². The minimum atomic E-state index is -0.119. The molecule has 1 aromatic carbocycles. The van der Waals surface area contributed by atoms with E-state index in [9.17, 15) is 4.79 Å². The van der Waals surface area contributed by atoms with Crippen LogP contribution in [0.3, 0.4) is 0 Å². The minimum Gasteiger partial charge on any atom is -0.401 e. The fraction of sp³-hybridized carbons (Fsp3) is 0.273. The molecule has 0 atom stereocenters. The van der Waals surface area contributed by atoms with Crippen LogP contribution >= 0.6 is 11.6 Å². The standard InChI is InChI=1S/C33H31ClN8O/c1-18-30(39-42-17-24(13-25(34)31(18)42)33(43)40-11-3-4-26(35)19(40)2)29-14-22-8-9-27(37-32(22)41(29)16-20-5-6-20)21-7-10-28-23(12-21)15-36-38-28/h7-10,12-15,17,20H,3-6,11,16,35H2,1-2H3,(H,36,38).